The molecule has 2 heterocycles. The monoisotopic (exact) mass is 359 g/mol. The topological polar surface area (TPSA) is 92.0 Å². The maximum absolute atomic E-state index is 14.2. The van der Waals surface area contributed by atoms with E-state index in [9.17, 15) is 18.0 Å². The number of hydrogen-bond acceptors (Lipinski definition) is 4. The van der Waals surface area contributed by atoms with Crippen LogP contribution in [0.4, 0.5) is 13.2 Å². The second kappa shape index (κ2) is 5.73. The number of hydrogen-bond donors (Lipinski definition) is 2. The quantitative estimate of drug-likeness (QED) is 0.577. The van der Waals surface area contributed by atoms with Crippen LogP contribution in [0.25, 0.3) is 33.6 Å². The van der Waals surface area contributed by atoms with Gasteiger partial charge in [-0.2, -0.15) is 0 Å². The molecule has 0 saturated heterocycles. The minimum atomic E-state index is -1.44. The third-order valence-electron chi connectivity index (χ3n) is 3.78. The van der Waals surface area contributed by atoms with Gasteiger partial charge in [0.05, 0.1) is 16.8 Å². The number of rotatable bonds is 3. The second-order valence-corrected chi connectivity index (χ2v) is 5.41. The molecule has 26 heavy (non-hydrogen) atoms. The van der Waals surface area contributed by atoms with Gasteiger partial charge < -0.3 is 14.5 Å². The predicted molar refractivity (Wildman–Crippen MR) is 83.9 cm³/mol. The lowest BCUT2D eigenvalue weighted by atomic mass is 10.0. The van der Waals surface area contributed by atoms with Crippen LogP contribution >= 0.6 is 0 Å². The van der Waals surface area contributed by atoms with E-state index < -0.39 is 29.3 Å². The van der Waals surface area contributed by atoms with E-state index in [1.807, 2.05) is 0 Å². The van der Waals surface area contributed by atoms with Gasteiger partial charge in [0.25, 0.3) is 5.89 Å². The molecule has 130 valence electrons. The highest BCUT2D eigenvalue weighted by Gasteiger charge is 2.24. The van der Waals surface area contributed by atoms with Crippen molar-refractivity contribution >= 4 is 16.9 Å². The van der Waals surface area contributed by atoms with Crippen molar-refractivity contribution in [3.63, 3.8) is 0 Å². The Kier molecular flexibility index (Phi) is 3.50. The van der Waals surface area contributed by atoms with Crippen molar-refractivity contribution < 1.29 is 27.5 Å². The van der Waals surface area contributed by atoms with E-state index in [0.717, 1.165) is 6.07 Å². The average Bonchev–Trinajstić information content (AvgIpc) is 3.20. The van der Waals surface area contributed by atoms with Crippen molar-refractivity contribution in [3.05, 3.63) is 59.7 Å². The van der Waals surface area contributed by atoms with Gasteiger partial charge >= 0.3 is 11.9 Å². The summed E-state index contributed by atoms with van der Waals surface area (Å²) in [5.74, 6) is -4.51. The van der Waals surface area contributed by atoms with Crippen LogP contribution < -0.4 is 0 Å². The summed E-state index contributed by atoms with van der Waals surface area (Å²) in [4.78, 5) is 13.8. The van der Waals surface area contributed by atoms with E-state index in [1.54, 1.807) is 0 Å². The van der Waals surface area contributed by atoms with Gasteiger partial charge in [-0.05, 0) is 35.9 Å². The van der Waals surface area contributed by atoms with Crippen LogP contribution in [0.3, 0.4) is 0 Å². The van der Waals surface area contributed by atoms with Crippen LogP contribution in [-0.4, -0.2) is 26.3 Å². The van der Waals surface area contributed by atoms with Gasteiger partial charge in [0.1, 0.15) is 17.5 Å². The normalized spacial score (nSPS) is 11.2. The van der Waals surface area contributed by atoms with Gasteiger partial charge in [0.15, 0.2) is 0 Å². The highest BCUT2D eigenvalue weighted by atomic mass is 19.1. The molecular weight excluding hydrogens is 351 g/mol. The Morgan fingerprint density at radius 1 is 1.04 bits per heavy atom. The first kappa shape index (κ1) is 15.9. The molecule has 0 aliphatic carbocycles. The summed E-state index contributed by atoms with van der Waals surface area (Å²) >= 11 is 0. The van der Waals surface area contributed by atoms with E-state index in [2.05, 4.69) is 15.2 Å². The Morgan fingerprint density at radius 3 is 2.42 bits per heavy atom. The van der Waals surface area contributed by atoms with Crippen molar-refractivity contribution in [2.45, 2.75) is 0 Å². The Hall–Kier alpha value is -3.62. The molecule has 0 fully saturated rings. The first-order valence-corrected chi connectivity index (χ1v) is 7.28. The molecule has 0 unspecified atom stereocenters. The fraction of sp³-hybridized carbons (Fsp3) is 0. The number of nitrogens with one attached hydrogen (secondary N) is 1. The SMILES string of the molecule is O=C(O)c1nnc(-c2c(-c3ccc(F)cc3)[nH]c3c(F)cc(F)cc23)o1. The van der Waals surface area contributed by atoms with Crippen LogP contribution in [0.15, 0.2) is 40.8 Å². The zero-order valence-corrected chi connectivity index (χ0v) is 12.8. The van der Waals surface area contributed by atoms with Crippen molar-refractivity contribution in [2.24, 2.45) is 0 Å². The van der Waals surface area contributed by atoms with Gasteiger partial charge in [-0.1, -0.05) is 0 Å². The van der Waals surface area contributed by atoms with E-state index in [4.69, 9.17) is 9.52 Å². The summed E-state index contributed by atoms with van der Waals surface area (Å²) < 4.78 is 46.2. The number of fused-ring (bicyclic) bond motifs is 1. The Labute approximate surface area is 142 Å². The second-order valence-electron chi connectivity index (χ2n) is 5.41. The molecule has 0 bridgehead atoms. The molecule has 0 amide bonds. The highest BCUT2D eigenvalue weighted by Crippen LogP contribution is 2.38. The lowest BCUT2D eigenvalue weighted by molar-refractivity contribution is 0.0654. The van der Waals surface area contributed by atoms with E-state index in [-0.39, 0.29) is 28.1 Å². The number of aromatic carboxylic acids is 1. The summed E-state index contributed by atoms with van der Waals surface area (Å²) in [6.45, 7) is 0. The summed E-state index contributed by atoms with van der Waals surface area (Å²) in [6.07, 6.45) is 0. The number of benzene rings is 2. The number of aromatic amines is 1. The molecule has 2 aromatic heterocycles. The molecule has 2 aromatic carbocycles. The Balaban J connectivity index is 2.05. The highest BCUT2D eigenvalue weighted by molar-refractivity contribution is 6.02. The molecular formula is C17H8F3N3O3. The zero-order valence-electron chi connectivity index (χ0n) is 12.8. The molecule has 0 radical (unpaired) electrons. The minimum Gasteiger partial charge on any atom is -0.474 e. The summed E-state index contributed by atoms with van der Waals surface area (Å²) in [5, 5.41) is 16.1. The Bertz CT molecular complexity index is 1150. The molecule has 0 aliphatic rings. The van der Waals surface area contributed by atoms with Gasteiger partial charge in [-0.15, -0.1) is 10.2 Å². The summed E-state index contributed by atoms with van der Waals surface area (Å²) in [6, 6.07) is 6.99. The standard InChI is InChI=1S/C17H8F3N3O3/c18-8-3-1-7(2-4-8)13-12(15-22-23-16(26-15)17(24)25)10-5-9(19)6-11(20)14(10)21-13/h1-6,21H,(H,24,25). The molecule has 0 spiro atoms. The molecule has 0 atom stereocenters. The van der Waals surface area contributed by atoms with Gasteiger partial charge in [-0.3, -0.25) is 0 Å². The maximum atomic E-state index is 14.2. The lowest BCUT2D eigenvalue weighted by Crippen LogP contribution is -1.95. The van der Waals surface area contributed by atoms with Crippen molar-refractivity contribution in [3.8, 4) is 22.7 Å². The zero-order chi connectivity index (χ0) is 18.4. The number of aromatic nitrogens is 3. The number of halogens is 3. The van der Waals surface area contributed by atoms with E-state index >= 15 is 0 Å². The molecule has 4 rings (SSSR count). The number of H-pyrrole nitrogens is 1. The van der Waals surface area contributed by atoms with E-state index in [0.29, 0.717) is 11.6 Å². The van der Waals surface area contributed by atoms with Crippen LogP contribution in [-0.2, 0) is 0 Å². The van der Waals surface area contributed by atoms with Crippen LogP contribution in [0, 0.1) is 17.5 Å². The van der Waals surface area contributed by atoms with Crippen molar-refractivity contribution in [1.29, 1.82) is 0 Å². The van der Waals surface area contributed by atoms with Crippen LogP contribution in [0.2, 0.25) is 0 Å². The number of carbonyl (C=O) groups is 1. The maximum Gasteiger partial charge on any atom is 0.393 e. The third-order valence-corrected chi connectivity index (χ3v) is 3.78. The van der Waals surface area contributed by atoms with Crippen LogP contribution in [0.1, 0.15) is 10.7 Å². The summed E-state index contributed by atoms with van der Waals surface area (Å²) in [5.41, 5.74) is 0.776. The van der Waals surface area contributed by atoms with Gasteiger partial charge in [-0.25, -0.2) is 18.0 Å². The van der Waals surface area contributed by atoms with E-state index in [1.165, 1.54) is 24.3 Å². The molecule has 0 saturated carbocycles. The molecule has 0 aliphatic heterocycles. The van der Waals surface area contributed by atoms with Crippen LogP contribution in [0.5, 0.6) is 0 Å². The molecule has 2 N–H and O–H groups in total. The third kappa shape index (κ3) is 2.50. The van der Waals surface area contributed by atoms with Gasteiger partial charge in [0.2, 0.25) is 0 Å². The average molecular weight is 359 g/mol. The fourth-order valence-electron chi connectivity index (χ4n) is 2.69. The molecule has 6 nitrogen and oxygen atoms in total. The Morgan fingerprint density at radius 2 is 1.77 bits per heavy atom. The number of carboxylic acid groups (broad SMARTS) is 1. The van der Waals surface area contributed by atoms with Crippen molar-refractivity contribution in [1.82, 2.24) is 15.2 Å². The first-order valence-electron chi connectivity index (χ1n) is 7.28. The number of nitrogens with zero attached hydrogens (tertiary/aromatic N) is 2. The van der Waals surface area contributed by atoms with Crippen molar-refractivity contribution in [2.75, 3.05) is 0 Å². The first-order chi connectivity index (χ1) is 12.4. The smallest absolute Gasteiger partial charge is 0.393 e. The lowest BCUT2D eigenvalue weighted by Gasteiger charge is -2.01. The number of carboxylic acids is 1. The largest absolute Gasteiger partial charge is 0.474 e. The van der Waals surface area contributed by atoms with Gasteiger partial charge in [0, 0.05) is 11.5 Å². The molecule has 4 aromatic rings. The minimum absolute atomic E-state index is 0.0317. The molecule has 9 heteroatoms. The predicted octanol–water partition coefficient (Wildman–Crippen LogP) is 4.00. The summed E-state index contributed by atoms with van der Waals surface area (Å²) in [7, 11) is 0. The fourth-order valence-corrected chi connectivity index (χ4v) is 2.69.